The van der Waals surface area contributed by atoms with E-state index in [9.17, 15) is 4.79 Å². The first-order chi connectivity index (χ1) is 9.19. The maximum atomic E-state index is 12.0. The number of carbonyl (C=O) groups is 1. The van der Waals surface area contributed by atoms with E-state index in [-0.39, 0.29) is 5.91 Å². The van der Waals surface area contributed by atoms with Crippen molar-refractivity contribution in [3.8, 4) is 0 Å². The van der Waals surface area contributed by atoms with Gasteiger partial charge in [-0.05, 0) is 42.4 Å². The number of amides is 1. The fraction of sp³-hybridized carbons (Fsp3) is 0.533. The molecule has 1 saturated carbocycles. The first-order valence-electron chi connectivity index (χ1n) is 6.61. The lowest BCUT2D eigenvalue weighted by Gasteiger charge is -2.15. The van der Waals surface area contributed by atoms with Gasteiger partial charge in [0.25, 0.3) is 5.91 Å². The van der Waals surface area contributed by atoms with Crippen molar-refractivity contribution in [2.75, 3.05) is 20.3 Å². The minimum absolute atomic E-state index is 0.0183. The zero-order valence-electron chi connectivity index (χ0n) is 11.2. The Morgan fingerprint density at radius 2 is 2.05 bits per heavy atom. The smallest absolute Gasteiger partial charge is 0.251 e. The number of hydrogen-bond donors (Lipinski definition) is 1. The zero-order valence-corrected chi connectivity index (χ0v) is 12.8. The Bertz CT molecular complexity index is 426. The summed E-state index contributed by atoms with van der Waals surface area (Å²) in [5.41, 5.74) is 2.20. The fourth-order valence-electron chi connectivity index (χ4n) is 2.13. The first-order valence-corrected chi connectivity index (χ1v) is 7.73. The molecule has 3 nitrogen and oxygen atoms in total. The van der Waals surface area contributed by atoms with Gasteiger partial charge in [0.1, 0.15) is 0 Å². The number of ether oxygens (including phenoxy) is 1. The van der Waals surface area contributed by atoms with Gasteiger partial charge in [-0.2, -0.15) is 0 Å². The van der Waals surface area contributed by atoms with Gasteiger partial charge in [-0.3, -0.25) is 4.79 Å². The molecule has 1 N–H and O–H groups in total. The minimum atomic E-state index is 0.0183. The van der Waals surface area contributed by atoms with E-state index in [1.807, 2.05) is 24.3 Å². The summed E-state index contributed by atoms with van der Waals surface area (Å²) < 4.78 is 5.12. The highest BCUT2D eigenvalue weighted by Crippen LogP contribution is 2.48. The predicted octanol–water partition coefficient (Wildman–Crippen LogP) is 3.13. The van der Waals surface area contributed by atoms with Crippen LogP contribution in [0.4, 0.5) is 0 Å². The van der Waals surface area contributed by atoms with E-state index in [4.69, 9.17) is 4.74 Å². The highest BCUT2D eigenvalue weighted by molar-refractivity contribution is 9.08. The van der Waals surface area contributed by atoms with E-state index in [0.717, 1.165) is 30.5 Å². The van der Waals surface area contributed by atoms with Crippen molar-refractivity contribution in [1.82, 2.24) is 5.32 Å². The Balaban J connectivity index is 1.83. The summed E-state index contributed by atoms with van der Waals surface area (Å²) in [5, 5.41) is 3.86. The van der Waals surface area contributed by atoms with E-state index >= 15 is 0 Å². The molecule has 0 heterocycles. The van der Waals surface area contributed by atoms with E-state index in [1.54, 1.807) is 7.11 Å². The van der Waals surface area contributed by atoms with Crippen molar-refractivity contribution < 1.29 is 9.53 Å². The minimum Gasteiger partial charge on any atom is -0.385 e. The van der Waals surface area contributed by atoms with Crippen LogP contribution in [-0.2, 0) is 10.1 Å². The van der Waals surface area contributed by atoms with Crippen molar-refractivity contribution >= 4 is 21.8 Å². The second-order valence-corrected chi connectivity index (χ2v) is 5.82. The number of nitrogens with one attached hydrogen (secondary N) is 1. The van der Waals surface area contributed by atoms with Crippen molar-refractivity contribution in [2.45, 2.75) is 24.6 Å². The summed E-state index contributed by atoms with van der Waals surface area (Å²) in [6, 6.07) is 7.70. The normalized spacial score (nSPS) is 16.1. The lowest BCUT2D eigenvalue weighted by atomic mass is 10.0. The number of halogens is 1. The SMILES string of the molecule is COCCC1(CNC(=O)c2ccc(CBr)cc2)CC1. The zero-order chi connectivity index (χ0) is 13.7. The average molecular weight is 326 g/mol. The van der Waals surface area contributed by atoms with Crippen LogP contribution in [0.15, 0.2) is 24.3 Å². The van der Waals surface area contributed by atoms with E-state index in [1.165, 1.54) is 18.4 Å². The van der Waals surface area contributed by atoms with Crippen LogP contribution in [-0.4, -0.2) is 26.2 Å². The maximum absolute atomic E-state index is 12.0. The molecule has 0 saturated heterocycles. The number of alkyl halides is 1. The number of carbonyl (C=O) groups excluding carboxylic acids is 1. The van der Waals surface area contributed by atoms with Crippen molar-refractivity contribution in [3.63, 3.8) is 0 Å². The molecule has 1 fully saturated rings. The highest BCUT2D eigenvalue weighted by atomic mass is 79.9. The molecule has 1 aliphatic rings. The molecule has 2 rings (SSSR count). The van der Waals surface area contributed by atoms with Gasteiger partial charge < -0.3 is 10.1 Å². The number of rotatable bonds is 7. The molecule has 0 spiro atoms. The van der Waals surface area contributed by atoms with Crippen LogP contribution in [0.25, 0.3) is 0 Å². The maximum Gasteiger partial charge on any atom is 0.251 e. The van der Waals surface area contributed by atoms with Gasteiger partial charge in [0.05, 0.1) is 0 Å². The molecule has 104 valence electrons. The van der Waals surface area contributed by atoms with Crippen LogP contribution in [0.3, 0.4) is 0 Å². The van der Waals surface area contributed by atoms with Crippen molar-refractivity contribution in [3.05, 3.63) is 35.4 Å². The van der Waals surface area contributed by atoms with Crippen LogP contribution in [0, 0.1) is 5.41 Å². The Morgan fingerprint density at radius 3 is 2.58 bits per heavy atom. The summed E-state index contributed by atoms with van der Waals surface area (Å²) in [6.45, 7) is 1.53. The molecule has 0 aromatic heterocycles. The Hall–Kier alpha value is -0.870. The van der Waals surface area contributed by atoms with Gasteiger partial charge in [0.15, 0.2) is 0 Å². The molecule has 0 aliphatic heterocycles. The Morgan fingerprint density at radius 1 is 1.37 bits per heavy atom. The van der Waals surface area contributed by atoms with Gasteiger partial charge in [0, 0.05) is 31.2 Å². The predicted molar refractivity (Wildman–Crippen MR) is 79.6 cm³/mol. The van der Waals surface area contributed by atoms with Gasteiger partial charge in [-0.25, -0.2) is 0 Å². The highest BCUT2D eigenvalue weighted by Gasteiger charge is 2.42. The Kier molecular flexibility index (Phi) is 4.99. The van der Waals surface area contributed by atoms with E-state index in [2.05, 4.69) is 21.2 Å². The molecule has 0 radical (unpaired) electrons. The van der Waals surface area contributed by atoms with Crippen LogP contribution in [0.1, 0.15) is 35.2 Å². The molecule has 0 atom stereocenters. The van der Waals surface area contributed by atoms with Gasteiger partial charge in [-0.15, -0.1) is 0 Å². The monoisotopic (exact) mass is 325 g/mol. The van der Waals surface area contributed by atoms with Gasteiger partial charge in [0.2, 0.25) is 0 Å². The van der Waals surface area contributed by atoms with Crippen LogP contribution in [0.2, 0.25) is 0 Å². The van der Waals surface area contributed by atoms with Crippen LogP contribution in [0.5, 0.6) is 0 Å². The first kappa shape index (κ1) is 14.5. The summed E-state index contributed by atoms with van der Waals surface area (Å²) in [6.07, 6.45) is 3.42. The third-order valence-electron chi connectivity index (χ3n) is 3.79. The van der Waals surface area contributed by atoms with Crippen LogP contribution < -0.4 is 5.32 Å². The van der Waals surface area contributed by atoms with Crippen LogP contribution >= 0.6 is 15.9 Å². The Labute approximate surface area is 122 Å². The molecule has 4 heteroatoms. The van der Waals surface area contributed by atoms with Crippen molar-refractivity contribution in [2.24, 2.45) is 5.41 Å². The molecular formula is C15H20BrNO2. The second kappa shape index (κ2) is 6.53. The van der Waals surface area contributed by atoms with Gasteiger partial charge in [-0.1, -0.05) is 28.1 Å². The molecule has 1 aromatic carbocycles. The number of benzene rings is 1. The molecule has 1 amide bonds. The van der Waals surface area contributed by atoms with E-state index in [0.29, 0.717) is 5.41 Å². The summed E-state index contributed by atoms with van der Waals surface area (Å²) in [5.74, 6) is 0.0183. The third kappa shape index (κ3) is 4.05. The van der Waals surface area contributed by atoms with E-state index < -0.39 is 0 Å². The second-order valence-electron chi connectivity index (χ2n) is 5.26. The number of methoxy groups -OCH3 is 1. The molecule has 1 aliphatic carbocycles. The topological polar surface area (TPSA) is 38.3 Å². The molecule has 0 unspecified atom stereocenters. The molecule has 1 aromatic rings. The molecule has 0 bridgehead atoms. The fourth-order valence-corrected chi connectivity index (χ4v) is 2.50. The standard InChI is InChI=1S/C15H20BrNO2/c1-19-9-8-15(6-7-15)11-17-14(18)13-4-2-12(10-16)3-5-13/h2-5H,6-11H2,1H3,(H,17,18). The molecule has 19 heavy (non-hydrogen) atoms. The van der Waals surface area contributed by atoms with Gasteiger partial charge >= 0.3 is 0 Å². The lowest BCUT2D eigenvalue weighted by Crippen LogP contribution is -2.30. The quantitative estimate of drug-likeness (QED) is 0.782. The average Bonchev–Trinajstić information content (AvgIpc) is 3.23. The summed E-state index contributed by atoms with van der Waals surface area (Å²) >= 11 is 3.40. The third-order valence-corrected chi connectivity index (χ3v) is 4.44. The largest absolute Gasteiger partial charge is 0.385 e. The lowest BCUT2D eigenvalue weighted by molar-refractivity contribution is 0.0938. The van der Waals surface area contributed by atoms with Crippen molar-refractivity contribution in [1.29, 1.82) is 0 Å². The number of hydrogen-bond acceptors (Lipinski definition) is 2. The molecular weight excluding hydrogens is 306 g/mol. The summed E-state index contributed by atoms with van der Waals surface area (Å²) in [4.78, 5) is 12.0. The summed E-state index contributed by atoms with van der Waals surface area (Å²) in [7, 11) is 1.72.